The van der Waals surface area contributed by atoms with E-state index in [-0.39, 0.29) is 0 Å². The van der Waals surface area contributed by atoms with Crippen LogP contribution in [0.25, 0.3) is 10.8 Å². The minimum Gasteiger partial charge on any atom is -0.357 e. The van der Waals surface area contributed by atoms with Gasteiger partial charge < -0.3 is 4.90 Å². The summed E-state index contributed by atoms with van der Waals surface area (Å²) in [6.45, 7) is 6.39. The Morgan fingerprint density at radius 2 is 1.52 bits per heavy atom. The van der Waals surface area contributed by atoms with Crippen LogP contribution in [0.2, 0.25) is 0 Å². The van der Waals surface area contributed by atoms with Gasteiger partial charge in [0.2, 0.25) is 0 Å². The third-order valence-corrected chi connectivity index (χ3v) is 3.92. The zero-order valence-corrected chi connectivity index (χ0v) is 13.2. The Bertz CT molecular complexity index is 576. The fourth-order valence-corrected chi connectivity index (χ4v) is 2.64. The number of amidine groups is 1. The van der Waals surface area contributed by atoms with E-state index in [0.717, 1.165) is 31.5 Å². The number of unbranched alkanes of at least 4 members (excludes halogenated alkanes) is 2. The van der Waals surface area contributed by atoms with E-state index in [1.807, 2.05) is 0 Å². The summed E-state index contributed by atoms with van der Waals surface area (Å²) in [5.41, 5.74) is 1.06. The summed E-state index contributed by atoms with van der Waals surface area (Å²) in [4.78, 5) is 2.24. The molecule has 0 unspecified atom stereocenters. The second-order valence-electron chi connectivity index (χ2n) is 5.57. The Balaban J connectivity index is 2.29. The van der Waals surface area contributed by atoms with Crippen molar-refractivity contribution in [3.8, 4) is 0 Å². The molecule has 112 valence electrons. The van der Waals surface area contributed by atoms with Crippen LogP contribution in [0.4, 0.5) is 0 Å². The lowest BCUT2D eigenvalue weighted by atomic mass is 10.0. The average molecular weight is 282 g/mol. The third kappa shape index (κ3) is 3.84. The van der Waals surface area contributed by atoms with E-state index < -0.39 is 0 Å². The number of benzene rings is 2. The van der Waals surface area contributed by atoms with Gasteiger partial charge in [-0.05, 0) is 23.6 Å². The highest BCUT2D eigenvalue weighted by molar-refractivity contribution is 6.08. The van der Waals surface area contributed by atoms with Crippen LogP contribution < -0.4 is 0 Å². The molecule has 0 fully saturated rings. The molecule has 0 spiro atoms. The van der Waals surface area contributed by atoms with Crippen molar-refractivity contribution in [2.24, 2.45) is 0 Å². The van der Waals surface area contributed by atoms with Crippen molar-refractivity contribution in [1.82, 2.24) is 4.90 Å². The van der Waals surface area contributed by atoms with Gasteiger partial charge in [-0.25, -0.2) is 0 Å². The molecule has 2 rings (SSSR count). The molecule has 0 bridgehead atoms. The average Bonchev–Trinajstić information content (AvgIpc) is 2.54. The Labute approximate surface area is 128 Å². The summed E-state index contributed by atoms with van der Waals surface area (Å²) in [5, 5.41) is 11.0. The van der Waals surface area contributed by atoms with Crippen LogP contribution in [-0.2, 0) is 0 Å². The Morgan fingerprint density at radius 1 is 0.905 bits per heavy atom. The summed E-state index contributed by atoms with van der Waals surface area (Å²) < 4.78 is 0. The Hall–Kier alpha value is -1.83. The Morgan fingerprint density at radius 3 is 2.19 bits per heavy atom. The number of hydrogen-bond acceptors (Lipinski definition) is 1. The summed E-state index contributed by atoms with van der Waals surface area (Å²) in [6, 6.07) is 14.6. The van der Waals surface area contributed by atoms with E-state index in [2.05, 4.69) is 61.2 Å². The zero-order chi connectivity index (χ0) is 15.1. The van der Waals surface area contributed by atoms with E-state index >= 15 is 0 Å². The quantitative estimate of drug-likeness (QED) is 0.557. The van der Waals surface area contributed by atoms with Crippen molar-refractivity contribution < 1.29 is 0 Å². The van der Waals surface area contributed by atoms with Gasteiger partial charge in [-0.3, -0.25) is 5.41 Å². The van der Waals surface area contributed by atoms with Crippen LogP contribution in [0.5, 0.6) is 0 Å². The van der Waals surface area contributed by atoms with Crippen molar-refractivity contribution in [1.29, 1.82) is 5.41 Å². The monoisotopic (exact) mass is 282 g/mol. The van der Waals surface area contributed by atoms with Crippen LogP contribution in [0.3, 0.4) is 0 Å². The van der Waals surface area contributed by atoms with Gasteiger partial charge in [0.05, 0.1) is 0 Å². The summed E-state index contributed by atoms with van der Waals surface area (Å²) >= 11 is 0. The molecular formula is C19H26N2. The summed E-state index contributed by atoms with van der Waals surface area (Å²) in [6.07, 6.45) is 4.64. The first-order valence-electron chi connectivity index (χ1n) is 8.09. The van der Waals surface area contributed by atoms with E-state index in [9.17, 15) is 0 Å². The maximum Gasteiger partial charge on any atom is 0.128 e. The van der Waals surface area contributed by atoms with Crippen LogP contribution in [0.15, 0.2) is 42.5 Å². The molecule has 2 heteroatoms. The zero-order valence-electron chi connectivity index (χ0n) is 13.2. The highest BCUT2D eigenvalue weighted by Gasteiger charge is 2.13. The van der Waals surface area contributed by atoms with Crippen LogP contribution >= 0.6 is 0 Å². The largest absolute Gasteiger partial charge is 0.357 e. The molecule has 0 amide bonds. The number of rotatable bonds is 7. The van der Waals surface area contributed by atoms with E-state index in [1.165, 1.54) is 23.6 Å². The molecule has 0 aliphatic heterocycles. The molecule has 1 N–H and O–H groups in total. The molecular weight excluding hydrogens is 256 g/mol. The lowest BCUT2D eigenvalue weighted by Crippen LogP contribution is -2.33. The molecule has 0 aromatic heterocycles. The smallest absolute Gasteiger partial charge is 0.128 e. The van der Waals surface area contributed by atoms with E-state index in [0.29, 0.717) is 5.84 Å². The van der Waals surface area contributed by atoms with Gasteiger partial charge in [0.25, 0.3) is 0 Å². The molecule has 0 aliphatic carbocycles. The molecule has 21 heavy (non-hydrogen) atoms. The lowest BCUT2D eigenvalue weighted by molar-refractivity contribution is 0.397. The van der Waals surface area contributed by atoms with Crippen molar-refractivity contribution >= 4 is 16.6 Å². The fourth-order valence-electron chi connectivity index (χ4n) is 2.64. The molecule has 2 nitrogen and oxygen atoms in total. The predicted molar refractivity (Wildman–Crippen MR) is 92.2 cm³/mol. The molecule has 0 atom stereocenters. The van der Waals surface area contributed by atoms with Crippen molar-refractivity contribution in [2.45, 2.75) is 39.5 Å². The highest BCUT2D eigenvalue weighted by Crippen LogP contribution is 2.20. The normalized spacial score (nSPS) is 10.8. The van der Waals surface area contributed by atoms with E-state index in [4.69, 9.17) is 5.41 Å². The molecule has 0 radical (unpaired) electrons. The number of hydrogen-bond donors (Lipinski definition) is 1. The maximum atomic E-state index is 8.65. The van der Waals surface area contributed by atoms with Gasteiger partial charge in [-0.1, -0.05) is 69.2 Å². The van der Waals surface area contributed by atoms with Gasteiger partial charge in [0, 0.05) is 18.7 Å². The van der Waals surface area contributed by atoms with Crippen LogP contribution in [0.1, 0.15) is 45.1 Å². The SMILES string of the molecule is CCCCN(CCCC)C(=N)c1cccc2ccccc12. The van der Waals surface area contributed by atoms with Gasteiger partial charge in [-0.2, -0.15) is 0 Å². The third-order valence-electron chi connectivity index (χ3n) is 3.92. The maximum absolute atomic E-state index is 8.65. The summed E-state index contributed by atoms with van der Waals surface area (Å²) in [5.74, 6) is 0.675. The van der Waals surface area contributed by atoms with Gasteiger partial charge in [0.15, 0.2) is 0 Å². The Kier molecular flexibility index (Phi) is 5.79. The van der Waals surface area contributed by atoms with Crippen molar-refractivity contribution in [3.63, 3.8) is 0 Å². The van der Waals surface area contributed by atoms with Crippen LogP contribution in [-0.4, -0.2) is 23.8 Å². The van der Waals surface area contributed by atoms with Gasteiger partial charge in [-0.15, -0.1) is 0 Å². The lowest BCUT2D eigenvalue weighted by Gasteiger charge is -2.26. The number of fused-ring (bicyclic) bond motifs is 1. The molecule has 2 aromatic carbocycles. The standard InChI is InChI=1S/C19H26N2/c1-3-5-14-21(15-6-4-2)19(20)18-13-9-11-16-10-7-8-12-17(16)18/h7-13,20H,3-6,14-15H2,1-2H3. The van der Waals surface area contributed by atoms with E-state index in [1.54, 1.807) is 0 Å². The minimum absolute atomic E-state index is 0.675. The second-order valence-corrected chi connectivity index (χ2v) is 5.57. The highest BCUT2D eigenvalue weighted by atomic mass is 15.2. The molecule has 0 saturated carbocycles. The molecule has 0 aliphatic rings. The first kappa shape index (κ1) is 15.6. The molecule has 0 saturated heterocycles. The van der Waals surface area contributed by atoms with Crippen molar-refractivity contribution in [3.05, 3.63) is 48.0 Å². The minimum atomic E-state index is 0.675. The van der Waals surface area contributed by atoms with Gasteiger partial charge >= 0.3 is 0 Å². The number of nitrogens with zero attached hydrogens (tertiary/aromatic N) is 1. The van der Waals surface area contributed by atoms with Crippen molar-refractivity contribution in [2.75, 3.05) is 13.1 Å². The topological polar surface area (TPSA) is 27.1 Å². The molecule has 0 heterocycles. The van der Waals surface area contributed by atoms with Crippen LogP contribution in [0, 0.1) is 5.41 Å². The second kappa shape index (κ2) is 7.82. The molecule has 2 aromatic rings. The van der Waals surface area contributed by atoms with Gasteiger partial charge in [0.1, 0.15) is 5.84 Å². The predicted octanol–water partition coefficient (Wildman–Crippen LogP) is 5.07. The fraction of sp³-hybridized carbons (Fsp3) is 0.421. The number of nitrogens with one attached hydrogen (secondary N) is 1. The first-order valence-corrected chi connectivity index (χ1v) is 8.09. The first-order chi connectivity index (χ1) is 10.3. The summed E-state index contributed by atoms with van der Waals surface area (Å²) in [7, 11) is 0.